The number of aliphatic imine (C=N–C) groups is 2. The van der Waals surface area contributed by atoms with Gasteiger partial charge in [-0.2, -0.15) is 5.10 Å². The number of anilines is 1. The van der Waals surface area contributed by atoms with E-state index in [2.05, 4.69) is 25.5 Å². The highest BCUT2D eigenvalue weighted by atomic mass is 16.5. The lowest BCUT2D eigenvalue weighted by atomic mass is 10.1. The van der Waals surface area contributed by atoms with E-state index in [1.807, 2.05) is 50.3 Å². The first-order valence-electron chi connectivity index (χ1n) is 9.05. The summed E-state index contributed by atoms with van der Waals surface area (Å²) in [6.45, 7) is 3.93. The summed E-state index contributed by atoms with van der Waals surface area (Å²) in [6.07, 6.45) is 9.17. The first-order valence-corrected chi connectivity index (χ1v) is 9.05. The van der Waals surface area contributed by atoms with Crippen LogP contribution < -0.4 is 10.1 Å². The van der Waals surface area contributed by atoms with Crippen LogP contribution >= 0.6 is 0 Å². The van der Waals surface area contributed by atoms with E-state index in [1.54, 1.807) is 19.5 Å². The van der Waals surface area contributed by atoms with Crippen LogP contribution in [0.25, 0.3) is 11.3 Å². The van der Waals surface area contributed by atoms with Crippen LogP contribution in [0.5, 0.6) is 5.75 Å². The highest BCUT2D eigenvalue weighted by molar-refractivity contribution is 6.19. The fourth-order valence-electron chi connectivity index (χ4n) is 2.80. The summed E-state index contributed by atoms with van der Waals surface area (Å²) in [5.41, 5.74) is 3.14. The van der Waals surface area contributed by atoms with Crippen molar-refractivity contribution in [3.05, 3.63) is 53.9 Å². The van der Waals surface area contributed by atoms with E-state index in [0.29, 0.717) is 34.8 Å². The molecule has 3 rings (SSSR count). The highest BCUT2D eigenvalue weighted by Gasteiger charge is 2.19. The molecule has 2 N–H and O–H groups in total. The number of hydrogen-bond donors (Lipinski definition) is 2. The molecule has 144 valence electrons. The van der Waals surface area contributed by atoms with E-state index < -0.39 is 0 Å². The second kappa shape index (κ2) is 8.94. The number of para-hydroxylation sites is 1. The van der Waals surface area contributed by atoms with Crippen LogP contribution in [-0.2, 0) is 4.79 Å². The Labute approximate surface area is 163 Å². The molecule has 0 saturated heterocycles. The fraction of sp³-hybridized carbons (Fsp3) is 0.238. The van der Waals surface area contributed by atoms with Crippen molar-refractivity contribution in [2.45, 2.75) is 26.4 Å². The second-order valence-corrected chi connectivity index (χ2v) is 6.43. The quantitative estimate of drug-likeness (QED) is 0.593. The summed E-state index contributed by atoms with van der Waals surface area (Å²) >= 11 is 0. The van der Waals surface area contributed by atoms with Gasteiger partial charge in [0.15, 0.2) is 0 Å². The molecular weight excluding hydrogens is 354 g/mol. The molecule has 0 spiro atoms. The second-order valence-electron chi connectivity index (χ2n) is 6.43. The molecule has 0 aliphatic carbocycles. The zero-order valence-corrected chi connectivity index (χ0v) is 16.1. The number of nitrogens with zero attached hydrogens (tertiary/aromatic N) is 3. The molecule has 1 aromatic carbocycles. The molecule has 0 saturated carbocycles. The van der Waals surface area contributed by atoms with Crippen LogP contribution in [0.3, 0.4) is 0 Å². The van der Waals surface area contributed by atoms with Crippen molar-refractivity contribution in [2.24, 2.45) is 9.98 Å². The van der Waals surface area contributed by atoms with Crippen molar-refractivity contribution >= 4 is 24.0 Å². The van der Waals surface area contributed by atoms with Crippen molar-refractivity contribution in [1.29, 1.82) is 0 Å². The lowest BCUT2D eigenvalue weighted by Crippen LogP contribution is -2.17. The van der Waals surface area contributed by atoms with Gasteiger partial charge in [0, 0.05) is 31.5 Å². The zero-order valence-electron chi connectivity index (χ0n) is 16.1. The maximum absolute atomic E-state index is 12.9. The first kappa shape index (κ1) is 19.3. The van der Waals surface area contributed by atoms with Gasteiger partial charge in [-0.05, 0) is 32.1 Å². The molecule has 1 aromatic heterocycles. The van der Waals surface area contributed by atoms with E-state index >= 15 is 0 Å². The van der Waals surface area contributed by atoms with Crippen molar-refractivity contribution in [3.8, 4) is 17.0 Å². The molecule has 1 aliphatic heterocycles. The van der Waals surface area contributed by atoms with Crippen LogP contribution in [0.15, 0.2) is 63.9 Å². The summed E-state index contributed by atoms with van der Waals surface area (Å²) in [5, 5.41) is 9.98. The number of nitrogens with one attached hydrogen (secondary N) is 2. The number of carbonyl (C=O) groups excluding carboxylic acids is 1. The van der Waals surface area contributed by atoms with Crippen molar-refractivity contribution in [3.63, 3.8) is 0 Å². The fourth-order valence-corrected chi connectivity index (χ4v) is 2.80. The smallest absolute Gasteiger partial charge is 0.259 e. The molecule has 1 amide bonds. The Balaban J connectivity index is 1.92. The van der Waals surface area contributed by atoms with E-state index in [0.717, 1.165) is 5.56 Å². The number of rotatable bonds is 6. The molecule has 0 fully saturated rings. The molecule has 2 heterocycles. The van der Waals surface area contributed by atoms with Gasteiger partial charge < -0.3 is 10.1 Å². The molecule has 7 nitrogen and oxygen atoms in total. The molecule has 1 aliphatic rings. The summed E-state index contributed by atoms with van der Waals surface area (Å²) in [7, 11) is 1.62. The molecule has 2 aromatic rings. The van der Waals surface area contributed by atoms with Gasteiger partial charge in [-0.25, -0.2) is 0 Å². The largest absolute Gasteiger partial charge is 0.490 e. The Morgan fingerprint density at radius 1 is 1.36 bits per heavy atom. The molecule has 0 radical (unpaired) electrons. The number of aromatic amines is 1. The SMILES string of the molecule is CN=C/C(C(=O)Nc1cn[nH]c1-c1ccccc1OC(C)C)=C1\CC=CC=N1. The molecule has 28 heavy (non-hydrogen) atoms. The average Bonchev–Trinajstić information content (AvgIpc) is 3.14. The maximum Gasteiger partial charge on any atom is 0.259 e. The topological polar surface area (TPSA) is 91.7 Å². The number of carbonyl (C=O) groups is 1. The van der Waals surface area contributed by atoms with Crippen LogP contribution in [-0.4, -0.2) is 41.7 Å². The number of H-pyrrole nitrogens is 1. The molecule has 0 bridgehead atoms. The van der Waals surface area contributed by atoms with E-state index in [1.165, 1.54) is 6.21 Å². The minimum atomic E-state index is -0.294. The Bertz CT molecular complexity index is 967. The summed E-state index contributed by atoms with van der Waals surface area (Å²) in [5.74, 6) is 0.422. The van der Waals surface area contributed by atoms with Crippen molar-refractivity contribution in [1.82, 2.24) is 10.2 Å². The third-order valence-corrected chi connectivity index (χ3v) is 3.98. The van der Waals surface area contributed by atoms with Crippen molar-refractivity contribution < 1.29 is 9.53 Å². The normalized spacial score (nSPS) is 15.3. The van der Waals surface area contributed by atoms with Gasteiger partial charge in [0.25, 0.3) is 5.91 Å². The highest BCUT2D eigenvalue weighted by Crippen LogP contribution is 2.34. The first-order chi connectivity index (χ1) is 13.6. The van der Waals surface area contributed by atoms with Gasteiger partial charge in [0.2, 0.25) is 0 Å². The van der Waals surface area contributed by atoms with Gasteiger partial charge in [0.05, 0.1) is 35.0 Å². The monoisotopic (exact) mass is 377 g/mol. The number of allylic oxidation sites excluding steroid dienone is 2. The summed E-state index contributed by atoms with van der Waals surface area (Å²) in [6, 6.07) is 7.63. The number of dihydropyridines is 1. The van der Waals surface area contributed by atoms with Gasteiger partial charge in [-0.15, -0.1) is 0 Å². The maximum atomic E-state index is 12.9. The number of ether oxygens (including phenoxy) is 1. The lowest BCUT2D eigenvalue weighted by Gasteiger charge is -2.15. The average molecular weight is 377 g/mol. The van der Waals surface area contributed by atoms with E-state index in [4.69, 9.17) is 4.74 Å². The van der Waals surface area contributed by atoms with Gasteiger partial charge in [0.1, 0.15) is 5.75 Å². The third-order valence-electron chi connectivity index (χ3n) is 3.98. The molecule has 0 unspecified atom stereocenters. The minimum absolute atomic E-state index is 0.0245. The van der Waals surface area contributed by atoms with Crippen LogP contribution in [0.4, 0.5) is 5.69 Å². The van der Waals surface area contributed by atoms with Gasteiger partial charge in [-0.1, -0.05) is 18.2 Å². The Kier molecular flexibility index (Phi) is 6.16. The van der Waals surface area contributed by atoms with Crippen LogP contribution in [0.2, 0.25) is 0 Å². The van der Waals surface area contributed by atoms with Crippen LogP contribution in [0.1, 0.15) is 20.3 Å². The van der Waals surface area contributed by atoms with E-state index in [-0.39, 0.29) is 12.0 Å². The standard InChI is InChI=1S/C21H23N5O2/c1-14(2)28-19-10-5-4-8-15(19)20-18(13-24-26-20)25-21(27)16(12-22-3)17-9-6-7-11-23-17/h4-8,10-14H,9H2,1-3H3,(H,24,26)(H,25,27)/b17-16-,22-12?. The molecule has 7 heteroatoms. The third kappa shape index (κ3) is 4.43. The van der Waals surface area contributed by atoms with Crippen molar-refractivity contribution in [2.75, 3.05) is 12.4 Å². The molecule has 0 atom stereocenters. The predicted molar refractivity (Wildman–Crippen MR) is 112 cm³/mol. The van der Waals surface area contributed by atoms with Gasteiger partial charge in [-0.3, -0.25) is 19.9 Å². The van der Waals surface area contributed by atoms with E-state index in [9.17, 15) is 4.79 Å². The summed E-state index contributed by atoms with van der Waals surface area (Å²) in [4.78, 5) is 21.2. The number of hydrogen-bond acceptors (Lipinski definition) is 5. The summed E-state index contributed by atoms with van der Waals surface area (Å²) < 4.78 is 5.89. The number of aromatic nitrogens is 2. The molecular formula is C21H23N5O2. The minimum Gasteiger partial charge on any atom is -0.490 e. The Morgan fingerprint density at radius 3 is 2.89 bits per heavy atom. The number of amides is 1. The lowest BCUT2D eigenvalue weighted by molar-refractivity contribution is -0.112. The number of benzene rings is 1. The Hall–Kier alpha value is -3.48. The zero-order chi connectivity index (χ0) is 19.9. The van der Waals surface area contributed by atoms with Crippen LogP contribution in [0, 0.1) is 0 Å². The predicted octanol–water partition coefficient (Wildman–Crippen LogP) is 3.79. The van der Waals surface area contributed by atoms with Gasteiger partial charge >= 0.3 is 0 Å². The Morgan fingerprint density at radius 2 is 2.18 bits per heavy atom.